The highest BCUT2D eigenvalue weighted by Crippen LogP contribution is 2.27. The smallest absolute Gasteiger partial charge is 0.265 e. The lowest BCUT2D eigenvalue weighted by Crippen LogP contribution is -2.40. The zero-order valence-corrected chi connectivity index (χ0v) is 12.6. The van der Waals surface area contributed by atoms with Gasteiger partial charge in [-0.15, -0.1) is 11.3 Å². The van der Waals surface area contributed by atoms with Crippen LogP contribution in [0.5, 0.6) is 0 Å². The number of aromatic amines is 1. The molecule has 2 aromatic heterocycles. The van der Waals surface area contributed by atoms with Crippen LogP contribution in [0.1, 0.15) is 28.2 Å². The second kappa shape index (κ2) is 5.90. The lowest BCUT2D eigenvalue weighted by molar-refractivity contribution is 0.0624. The van der Waals surface area contributed by atoms with Crippen molar-refractivity contribution in [3.63, 3.8) is 0 Å². The van der Waals surface area contributed by atoms with Gasteiger partial charge in [0.25, 0.3) is 5.91 Å². The van der Waals surface area contributed by atoms with E-state index in [1.165, 1.54) is 17.7 Å². The van der Waals surface area contributed by atoms with E-state index in [0.29, 0.717) is 27.9 Å². The number of nitrogens with one attached hydrogen (secondary N) is 1. The number of aliphatic hydroxyl groups is 1. The van der Waals surface area contributed by atoms with E-state index in [0.717, 1.165) is 19.4 Å². The van der Waals surface area contributed by atoms with E-state index in [9.17, 15) is 9.90 Å². The molecule has 112 valence electrons. The first-order chi connectivity index (χ1) is 10.2. The number of aliphatic hydroxyl groups excluding tert-OH is 1. The molecule has 0 saturated carbocycles. The Kier molecular flexibility index (Phi) is 3.98. The van der Waals surface area contributed by atoms with Crippen LogP contribution >= 0.6 is 11.3 Å². The number of hydrogen-bond acceptors (Lipinski definition) is 6. The van der Waals surface area contributed by atoms with Gasteiger partial charge in [0, 0.05) is 19.7 Å². The number of aryl methyl sites for hydroxylation is 1. The highest BCUT2D eigenvalue weighted by Gasteiger charge is 2.27. The summed E-state index contributed by atoms with van der Waals surface area (Å²) >= 11 is 1.33. The van der Waals surface area contributed by atoms with Crippen LogP contribution in [0.15, 0.2) is 6.33 Å². The molecule has 0 bridgehead atoms. The standard InChI is InChI=1S/C13H17N5O2S/c1-8-10(21-12(16-8)11-14-7-15-17-11)13(20)18-4-2-3-9(5-18)6-19/h7,9,19H,2-6H2,1H3,(H,14,15,17). The van der Waals surface area contributed by atoms with Gasteiger partial charge in [-0.2, -0.15) is 5.10 Å². The van der Waals surface area contributed by atoms with Crippen molar-refractivity contribution in [2.75, 3.05) is 19.7 Å². The zero-order valence-electron chi connectivity index (χ0n) is 11.7. The van der Waals surface area contributed by atoms with Crippen molar-refractivity contribution in [1.82, 2.24) is 25.1 Å². The third kappa shape index (κ3) is 2.81. The first-order valence-corrected chi connectivity index (χ1v) is 7.74. The topological polar surface area (TPSA) is 95.0 Å². The highest BCUT2D eigenvalue weighted by molar-refractivity contribution is 7.17. The van der Waals surface area contributed by atoms with Crippen LogP contribution in [0.2, 0.25) is 0 Å². The number of amides is 1. The van der Waals surface area contributed by atoms with E-state index in [-0.39, 0.29) is 18.4 Å². The van der Waals surface area contributed by atoms with Gasteiger partial charge in [0.15, 0.2) is 10.8 Å². The summed E-state index contributed by atoms with van der Waals surface area (Å²) in [5.74, 6) is 0.757. The molecule has 2 N–H and O–H groups in total. The Bertz CT molecular complexity index is 625. The largest absolute Gasteiger partial charge is 0.396 e. The predicted octanol–water partition coefficient (Wildman–Crippen LogP) is 1.08. The number of H-pyrrole nitrogens is 1. The van der Waals surface area contributed by atoms with Crippen LogP contribution in [-0.4, -0.2) is 55.8 Å². The molecule has 0 aliphatic carbocycles. The number of aromatic nitrogens is 4. The second-order valence-electron chi connectivity index (χ2n) is 5.21. The van der Waals surface area contributed by atoms with Crippen molar-refractivity contribution in [2.45, 2.75) is 19.8 Å². The molecule has 1 amide bonds. The van der Waals surface area contributed by atoms with Crippen molar-refractivity contribution in [1.29, 1.82) is 0 Å². The molecular weight excluding hydrogens is 290 g/mol. The Hall–Kier alpha value is -1.80. The van der Waals surface area contributed by atoms with Crippen LogP contribution < -0.4 is 0 Å². The molecule has 2 aromatic rings. The summed E-state index contributed by atoms with van der Waals surface area (Å²) in [6.07, 6.45) is 3.33. The number of carbonyl (C=O) groups is 1. The second-order valence-corrected chi connectivity index (χ2v) is 6.21. The number of rotatable bonds is 3. The molecule has 0 radical (unpaired) electrons. The lowest BCUT2D eigenvalue weighted by atomic mass is 9.99. The van der Waals surface area contributed by atoms with Crippen LogP contribution in [0.4, 0.5) is 0 Å². The van der Waals surface area contributed by atoms with Gasteiger partial charge in [-0.3, -0.25) is 9.89 Å². The maximum atomic E-state index is 12.6. The molecule has 21 heavy (non-hydrogen) atoms. The fourth-order valence-electron chi connectivity index (χ4n) is 2.55. The summed E-state index contributed by atoms with van der Waals surface area (Å²) in [5.41, 5.74) is 0.711. The molecule has 0 spiro atoms. The van der Waals surface area contributed by atoms with Gasteiger partial charge in [-0.1, -0.05) is 0 Å². The first kappa shape index (κ1) is 14.2. The number of piperidine rings is 1. The van der Waals surface area contributed by atoms with E-state index in [2.05, 4.69) is 20.2 Å². The molecule has 1 fully saturated rings. The maximum absolute atomic E-state index is 12.6. The summed E-state index contributed by atoms with van der Waals surface area (Å²) in [6, 6.07) is 0. The number of hydrogen-bond donors (Lipinski definition) is 2. The normalized spacial score (nSPS) is 19.0. The van der Waals surface area contributed by atoms with Crippen LogP contribution in [0.3, 0.4) is 0 Å². The van der Waals surface area contributed by atoms with E-state index in [4.69, 9.17) is 0 Å². The molecule has 8 heteroatoms. The fourth-order valence-corrected chi connectivity index (χ4v) is 3.53. The van der Waals surface area contributed by atoms with Gasteiger partial charge in [0.05, 0.1) is 5.69 Å². The highest BCUT2D eigenvalue weighted by atomic mass is 32.1. The van der Waals surface area contributed by atoms with Gasteiger partial charge < -0.3 is 10.0 Å². The number of likely N-dealkylation sites (tertiary alicyclic amines) is 1. The van der Waals surface area contributed by atoms with Gasteiger partial charge in [-0.25, -0.2) is 9.97 Å². The fraction of sp³-hybridized carbons (Fsp3) is 0.538. The van der Waals surface area contributed by atoms with Crippen molar-refractivity contribution >= 4 is 17.2 Å². The number of thiazole rings is 1. The molecule has 3 heterocycles. The summed E-state index contributed by atoms with van der Waals surface area (Å²) in [4.78, 5) is 23.5. The van der Waals surface area contributed by atoms with Crippen molar-refractivity contribution in [2.24, 2.45) is 5.92 Å². The van der Waals surface area contributed by atoms with E-state index in [1.54, 1.807) is 0 Å². The average Bonchev–Trinajstić information content (AvgIpc) is 3.16. The molecular formula is C13H17N5O2S. The number of nitrogens with zero attached hydrogens (tertiary/aromatic N) is 4. The Balaban J connectivity index is 1.81. The van der Waals surface area contributed by atoms with Gasteiger partial charge in [0.2, 0.25) is 0 Å². The Morgan fingerprint density at radius 1 is 1.62 bits per heavy atom. The molecule has 7 nitrogen and oxygen atoms in total. The molecule has 1 unspecified atom stereocenters. The summed E-state index contributed by atoms with van der Waals surface area (Å²) in [7, 11) is 0. The minimum atomic E-state index is -0.00563. The molecule has 1 atom stereocenters. The Labute approximate surface area is 126 Å². The minimum Gasteiger partial charge on any atom is -0.396 e. The summed E-state index contributed by atoms with van der Waals surface area (Å²) in [6.45, 7) is 3.32. The van der Waals surface area contributed by atoms with Crippen LogP contribution in [-0.2, 0) is 0 Å². The van der Waals surface area contributed by atoms with Gasteiger partial charge >= 0.3 is 0 Å². The summed E-state index contributed by atoms with van der Waals surface area (Å²) < 4.78 is 0. The minimum absolute atomic E-state index is 0.00563. The first-order valence-electron chi connectivity index (χ1n) is 6.92. The van der Waals surface area contributed by atoms with E-state index >= 15 is 0 Å². The Morgan fingerprint density at radius 2 is 2.48 bits per heavy atom. The van der Waals surface area contributed by atoms with E-state index < -0.39 is 0 Å². The third-order valence-corrected chi connectivity index (χ3v) is 4.82. The Morgan fingerprint density at radius 3 is 3.19 bits per heavy atom. The van der Waals surface area contributed by atoms with Crippen molar-refractivity contribution < 1.29 is 9.90 Å². The molecule has 1 saturated heterocycles. The molecule has 3 rings (SSSR count). The maximum Gasteiger partial charge on any atom is 0.265 e. The predicted molar refractivity (Wildman–Crippen MR) is 77.9 cm³/mol. The molecule has 1 aliphatic heterocycles. The van der Waals surface area contributed by atoms with Crippen LogP contribution in [0.25, 0.3) is 10.8 Å². The monoisotopic (exact) mass is 307 g/mol. The summed E-state index contributed by atoms with van der Waals surface area (Å²) in [5, 5.41) is 16.5. The average molecular weight is 307 g/mol. The van der Waals surface area contributed by atoms with Crippen molar-refractivity contribution in [3.8, 4) is 10.8 Å². The lowest BCUT2D eigenvalue weighted by Gasteiger charge is -2.31. The van der Waals surface area contributed by atoms with Crippen molar-refractivity contribution in [3.05, 3.63) is 16.9 Å². The van der Waals surface area contributed by atoms with Gasteiger partial charge in [0.1, 0.15) is 11.2 Å². The number of carbonyl (C=O) groups excluding carboxylic acids is 1. The van der Waals surface area contributed by atoms with Gasteiger partial charge in [-0.05, 0) is 25.7 Å². The third-order valence-electron chi connectivity index (χ3n) is 3.67. The SMILES string of the molecule is Cc1nc(-c2ncn[nH]2)sc1C(=O)N1CCCC(CO)C1. The van der Waals surface area contributed by atoms with Crippen LogP contribution in [0, 0.1) is 12.8 Å². The molecule has 0 aromatic carbocycles. The quantitative estimate of drug-likeness (QED) is 0.885. The molecule has 1 aliphatic rings. The zero-order chi connectivity index (χ0) is 14.8. The van der Waals surface area contributed by atoms with E-state index in [1.807, 2.05) is 11.8 Å².